The molecule has 0 saturated carbocycles. The Hall–Kier alpha value is -2.57. The van der Waals surface area contributed by atoms with E-state index in [1.165, 1.54) is 0 Å². The zero-order chi connectivity index (χ0) is 16.9. The molecule has 23 heavy (non-hydrogen) atoms. The number of nitrogens with one attached hydrogen (secondary N) is 2. The first-order chi connectivity index (χ1) is 11.0. The van der Waals surface area contributed by atoms with Crippen LogP contribution in [0, 0.1) is 0 Å². The Labute approximate surface area is 135 Å². The van der Waals surface area contributed by atoms with Crippen LogP contribution >= 0.6 is 0 Å². The molecule has 0 bridgehead atoms. The molecule has 7 nitrogen and oxygen atoms in total. The van der Waals surface area contributed by atoms with Crippen LogP contribution in [0.5, 0.6) is 5.75 Å². The monoisotopic (exact) mass is 319 g/mol. The summed E-state index contributed by atoms with van der Waals surface area (Å²) in [6, 6.07) is 7.44. The standard InChI is InChI=1S/C16H21N3O4/c1-16(15(21)18-9-8-14(20)17-2)10-12(19-23-16)11-6-4-5-7-13(11)22-3/h4-7H,8-10H2,1-3H3,(H,17,20)(H,18,21)/t16-/m0/s1. The van der Waals surface area contributed by atoms with E-state index in [1.54, 1.807) is 21.1 Å². The molecule has 1 aromatic rings. The Balaban J connectivity index is 1.99. The van der Waals surface area contributed by atoms with E-state index in [1.807, 2.05) is 24.3 Å². The minimum atomic E-state index is -1.08. The van der Waals surface area contributed by atoms with Gasteiger partial charge in [0, 0.05) is 32.0 Å². The van der Waals surface area contributed by atoms with E-state index in [0.29, 0.717) is 17.9 Å². The summed E-state index contributed by atoms with van der Waals surface area (Å²) in [6.07, 6.45) is 0.553. The Bertz CT molecular complexity index is 630. The van der Waals surface area contributed by atoms with Crippen molar-refractivity contribution in [3.63, 3.8) is 0 Å². The van der Waals surface area contributed by atoms with Gasteiger partial charge in [-0.1, -0.05) is 17.3 Å². The summed E-state index contributed by atoms with van der Waals surface area (Å²) in [5.41, 5.74) is 0.377. The molecule has 1 heterocycles. The van der Waals surface area contributed by atoms with Crippen molar-refractivity contribution >= 4 is 17.5 Å². The maximum absolute atomic E-state index is 12.3. The average molecular weight is 319 g/mol. The summed E-state index contributed by atoms with van der Waals surface area (Å²) < 4.78 is 5.31. The maximum Gasteiger partial charge on any atom is 0.267 e. The van der Waals surface area contributed by atoms with E-state index >= 15 is 0 Å². The fourth-order valence-corrected chi connectivity index (χ4v) is 2.29. The quantitative estimate of drug-likeness (QED) is 0.813. The molecule has 0 fully saturated rings. The highest BCUT2D eigenvalue weighted by molar-refractivity contribution is 6.07. The predicted molar refractivity (Wildman–Crippen MR) is 85.3 cm³/mol. The number of para-hydroxylation sites is 1. The highest BCUT2D eigenvalue weighted by atomic mass is 16.7. The van der Waals surface area contributed by atoms with Gasteiger partial charge in [0.1, 0.15) is 5.75 Å². The lowest BCUT2D eigenvalue weighted by Crippen LogP contribution is -2.45. The van der Waals surface area contributed by atoms with E-state index in [0.717, 1.165) is 5.56 Å². The van der Waals surface area contributed by atoms with Gasteiger partial charge in [-0.2, -0.15) is 0 Å². The summed E-state index contributed by atoms with van der Waals surface area (Å²) in [7, 11) is 3.14. The SMILES string of the molecule is CNC(=O)CCNC(=O)[C@]1(C)CC(c2ccccc2OC)=NO1. The van der Waals surface area contributed by atoms with Crippen molar-refractivity contribution in [2.24, 2.45) is 5.16 Å². The van der Waals surface area contributed by atoms with Gasteiger partial charge in [-0.3, -0.25) is 9.59 Å². The van der Waals surface area contributed by atoms with E-state index in [2.05, 4.69) is 15.8 Å². The molecule has 2 amide bonds. The molecule has 2 N–H and O–H groups in total. The highest BCUT2D eigenvalue weighted by Crippen LogP contribution is 2.30. The van der Waals surface area contributed by atoms with E-state index in [4.69, 9.17) is 9.57 Å². The van der Waals surface area contributed by atoms with Crippen LogP contribution in [0.15, 0.2) is 29.4 Å². The molecule has 1 atom stereocenters. The van der Waals surface area contributed by atoms with E-state index in [-0.39, 0.29) is 24.8 Å². The van der Waals surface area contributed by atoms with Crippen molar-refractivity contribution in [2.45, 2.75) is 25.4 Å². The molecule has 7 heteroatoms. The minimum absolute atomic E-state index is 0.131. The molecule has 0 unspecified atom stereocenters. The number of methoxy groups -OCH3 is 1. The Kier molecular flexibility index (Phi) is 5.20. The zero-order valence-corrected chi connectivity index (χ0v) is 13.5. The second-order valence-electron chi connectivity index (χ2n) is 5.42. The van der Waals surface area contributed by atoms with Gasteiger partial charge in [0.25, 0.3) is 5.91 Å². The number of ether oxygens (including phenoxy) is 1. The molecule has 124 valence electrons. The number of amides is 2. The van der Waals surface area contributed by atoms with Gasteiger partial charge in [0.05, 0.1) is 12.8 Å². The largest absolute Gasteiger partial charge is 0.496 e. The maximum atomic E-state index is 12.3. The summed E-state index contributed by atoms with van der Waals surface area (Å²) in [4.78, 5) is 28.8. The fourth-order valence-electron chi connectivity index (χ4n) is 2.29. The molecule has 1 aliphatic rings. The van der Waals surface area contributed by atoms with Crippen LogP contribution in [0.3, 0.4) is 0 Å². The number of hydrogen-bond donors (Lipinski definition) is 2. The molecular weight excluding hydrogens is 298 g/mol. The van der Waals surface area contributed by atoms with Gasteiger partial charge in [-0.15, -0.1) is 0 Å². The van der Waals surface area contributed by atoms with Crippen LogP contribution in [0.4, 0.5) is 0 Å². The van der Waals surface area contributed by atoms with Crippen LogP contribution in [0.25, 0.3) is 0 Å². The second-order valence-corrected chi connectivity index (χ2v) is 5.42. The van der Waals surface area contributed by atoms with Crippen LogP contribution in [-0.4, -0.2) is 43.8 Å². The lowest BCUT2D eigenvalue weighted by molar-refractivity contribution is -0.141. The van der Waals surface area contributed by atoms with Gasteiger partial charge in [0.15, 0.2) is 0 Å². The lowest BCUT2D eigenvalue weighted by atomic mass is 9.94. The minimum Gasteiger partial charge on any atom is -0.496 e. The molecule has 1 aromatic carbocycles. The van der Waals surface area contributed by atoms with Crippen molar-refractivity contribution in [3.05, 3.63) is 29.8 Å². The molecule has 0 aliphatic carbocycles. The summed E-state index contributed by atoms with van der Waals surface area (Å²) in [6.45, 7) is 1.93. The molecule has 0 spiro atoms. The van der Waals surface area contributed by atoms with Crippen molar-refractivity contribution in [1.82, 2.24) is 10.6 Å². The molecule has 2 rings (SSSR count). The molecule has 0 aromatic heterocycles. The number of benzene rings is 1. The van der Waals surface area contributed by atoms with Crippen LogP contribution in [0.1, 0.15) is 25.3 Å². The molecule has 1 aliphatic heterocycles. The third-order valence-electron chi connectivity index (χ3n) is 3.68. The Morgan fingerprint density at radius 2 is 2.13 bits per heavy atom. The lowest BCUT2D eigenvalue weighted by Gasteiger charge is -2.20. The van der Waals surface area contributed by atoms with Crippen molar-refractivity contribution < 1.29 is 19.2 Å². The van der Waals surface area contributed by atoms with Crippen LogP contribution in [0.2, 0.25) is 0 Å². The number of nitrogens with zero attached hydrogens (tertiary/aromatic N) is 1. The van der Waals surface area contributed by atoms with E-state index in [9.17, 15) is 9.59 Å². The molecular formula is C16H21N3O4. The van der Waals surface area contributed by atoms with Crippen molar-refractivity contribution in [3.8, 4) is 5.75 Å². The topological polar surface area (TPSA) is 89.0 Å². The number of rotatable bonds is 6. The predicted octanol–water partition coefficient (Wildman–Crippen LogP) is 0.831. The zero-order valence-electron chi connectivity index (χ0n) is 13.5. The summed E-state index contributed by atoms with van der Waals surface area (Å²) in [5, 5.41) is 9.25. The Morgan fingerprint density at radius 1 is 1.39 bits per heavy atom. The average Bonchev–Trinajstić information content (AvgIpc) is 2.98. The first-order valence-corrected chi connectivity index (χ1v) is 7.37. The van der Waals surface area contributed by atoms with Crippen LogP contribution < -0.4 is 15.4 Å². The normalized spacial score (nSPS) is 19.5. The van der Waals surface area contributed by atoms with Gasteiger partial charge in [-0.25, -0.2) is 0 Å². The van der Waals surface area contributed by atoms with Crippen molar-refractivity contribution in [1.29, 1.82) is 0 Å². The summed E-state index contributed by atoms with van der Waals surface area (Å²) in [5.74, 6) is 0.253. The van der Waals surface area contributed by atoms with Gasteiger partial charge >= 0.3 is 0 Å². The van der Waals surface area contributed by atoms with E-state index < -0.39 is 5.60 Å². The number of carbonyl (C=O) groups excluding carboxylic acids is 2. The first-order valence-electron chi connectivity index (χ1n) is 7.37. The number of hydrogen-bond acceptors (Lipinski definition) is 5. The molecule has 0 radical (unpaired) electrons. The number of oxime groups is 1. The van der Waals surface area contributed by atoms with Gasteiger partial charge in [-0.05, 0) is 19.1 Å². The number of carbonyl (C=O) groups is 2. The van der Waals surface area contributed by atoms with Crippen LogP contribution in [-0.2, 0) is 14.4 Å². The third kappa shape index (κ3) is 3.80. The van der Waals surface area contributed by atoms with Gasteiger partial charge < -0.3 is 20.2 Å². The highest BCUT2D eigenvalue weighted by Gasteiger charge is 2.42. The van der Waals surface area contributed by atoms with Gasteiger partial charge in [0.2, 0.25) is 11.5 Å². The smallest absolute Gasteiger partial charge is 0.267 e. The fraction of sp³-hybridized carbons (Fsp3) is 0.438. The Morgan fingerprint density at radius 3 is 2.83 bits per heavy atom. The first kappa shape index (κ1) is 16.8. The third-order valence-corrected chi connectivity index (χ3v) is 3.68. The second kappa shape index (κ2) is 7.13. The molecule has 0 saturated heterocycles. The summed E-state index contributed by atoms with van der Waals surface area (Å²) >= 11 is 0. The van der Waals surface area contributed by atoms with Crippen molar-refractivity contribution in [2.75, 3.05) is 20.7 Å².